The predicted octanol–water partition coefficient (Wildman–Crippen LogP) is 3.03. The fraction of sp³-hybridized carbons (Fsp3) is 0.154. The van der Waals surface area contributed by atoms with Crippen molar-refractivity contribution >= 4 is 29.4 Å². The molecule has 2 heterocycles. The number of esters is 2. The average Bonchev–Trinajstić information content (AvgIpc) is 3.12. The molecule has 0 bridgehead atoms. The summed E-state index contributed by atoms with van der Waals surface area (Å²) in [6.07, 6.45) is 2.91. The van der Waals surface area contributed by atoms with Gasteiger partial charge < -0.3 is 9.47 Å². The van der Waals surface area contributed by atoms with Gasteiger partial charge in [-0.05, 0) is 36.8 Å². The number of fused-ring (bicyclic) bond motifs is 1. The van der Waals surface area contributed by atoms with E-state index in [0.29, 0.717) is 21.8 Å². The second-order valence-electron chi connectivity index (χ2n) is 7.65. The molecule has 1 aromatic heterocycles. The quantitative estimate of drug-likeness (QED) is 0.300. The summed E-state index contributed by atoms with van der Waals surface area (Å²) in [4.78, 5) is 42.6. The van der Waals surface area contributed by atoms with Gasteiger partial charge in [-0.15, -0.1) is 0 Å². The second kappa shape index (κ2) is 10.0. The lowest BCUT2D eigenvalue weighted by Crippen LogP contribution is -2.40. The molecule has 0 N–H and O–H groups in total. The summed E-state index contributed by atoms with van der Waals surface area (Å²) in [5.41, 5.74) is 1.01. The minimum Gasteiger partial charge on any atom is -0.458 e. The van der Waals surface area contributed by atoms with Gasteiger partial charge in [-0.3, -0.25) is 14.2 Å². The first-order chi connectivity index (χ1) is 16.8. The minimum atomic E-state index is -0.849. The van der Waals surface area contributed by atoms with Crippen molar-refractivity contribution in [3.63, 3.8) is 0 Å². The molecule has 1 atom stereocenters. The maximum Gasteiger partial charge on any atom is 0.338 e. The van der Waals surface area contributed by atoms with Crippen LogP contribution in [0.1, 0.15) is 31.0 Å². The van der Waals surface area contributed by atoms with Gasteiger partial charge in [0.15, 0.2) is 4.80 Å². The van der Waals surface area contributed by atoms with Gasteiger partial charge in [-0.25, -0.2) is 14.2 Å². The molecule has 0 unspecified atom stereocenters. The van der Waals surface area contributed by atoms with Gasteiger partial charge in [0.25, 0.3) is 5.56 Å². The molecule has 178 valence electrons. The summed E-state index contributed by atoms with van der Waals surface area (Å²) in [6, 6.07) is 11.8. The zero-order chi connectivity index (χ0) is 25.1. The van der Waals surface area contributed by atoms with E-state index in [1.807, 2.05) is 0 Å². The normalized spacial score (nSPS) is 15.3. The Morgan fingerprint density at radius 3 is 2.57 bits per heavy atom. The predicted molar refractivity (Wildman–Crippen MR) is 129 cm³/mol. The van der Waals surface area contributed by atoms with E-state index in [9.17, 15) is 18.8 Å². The standard InChI is InChI=1S/C26H21FN2O5S/c1-4-13-33-25(32)22-15(2)28-26-29(23(22)17-9-11-19(12-10-17)34-16(3)30)24(31)21(35-26)14-18-7-5-6-8-20(18)27/h4-12,14,23H,1,13H2,2-3H3/b21-14-/t23-/m1/s1. The molecule has 7 nitrogen and oxygen atoms in total. The van der Waals surface area contributed by atoms with Crippen molar-refractivity contribution in [3.8, 4) is 5.75 Å². The number of carbonyl (C=O) groups is 2. The monoisotopic (exact) mass is 492 g/mol. The van der Waals surface area contributed by atoms with Crippen molar-refractivity contribution in [3.05, 3.63) is 109 Å². The van der Waals surface area contributed by atoms with Crippen LogP contribution in [0.5, 0.6) is 5.75 Å². The lowest BCUT2D eigenvalue weighted by atomic mass is 9.96. The van der Waals surface area contributed by atoms with Crippen LogP contribution < -0.4 is 19.6 Å². The third-order valence-electron chi connectivity index (χ3n) is 5.22. The van der Waals surface area contributed by atoms with E-state index in [2.05, 4.69) is 11.6 Å². The fourth-order valence-corrected chi connectivity index (χ4v) is 4.77. The number of thiazole rings is 1. The minimum absolute atomic E-state index is 0.00850. The van der Waals surface area contributed by atoms with Gasteiger partial charge in [-0.2, -0.15) is 0 Å². The Bertz CT molecular complexity index is 1530. The lowest BCUT2D eigenvalue weighted by Gasteiger charge is -2.24. The highest BCUT2D eigenvalue weighted by Gasteiger charge is 2.33. The number of allylic oxidation sites excluding steroid dienone is 1. The maximum atomic E-state index is 14.2. The fourth-order valence-electron chi connectivity index (χ4n) is 3.73. The van der Waals surface area contributed by atoms with Gasteiger partial charge in [0.2, 0.25) is 0 Å². The van der Waals surface area contributed by atoms with E-state index in [0.717, 1.165) is 11.3 Å². The molecular formula is C26H21FN2O5S. The van der Waals surface area contributed by atoms with Crippen LogP contribution in [-0.4, -0.2) is 23.1 Å². The summed E-state index contributed by atoms with van der Waals surface area (Å²) in [5, 5.41) is 0. The smallest absolute Gasteiger partial charge is 0.338 e. The summed E-state index contributed by atoms with van der Waals surface area (Å²) in [6.45, 7) is 6.51. The van der Waals surface area contributed by atoms with Crippen molar-refractivity contribution in [2.24, 2.45) is 4.99 Å². The Morgan fingerprint density at radius 2 is 1.91 bits per heavy atom. The number of hydrogen-bond acceptors (Lipinski definition) is 7. The third-order valence-corrected chi connectivity index (χ3v) is 6.21. The number of carbonyl (C=O) groups excluding carboxylic acids is 2. The topological polar surface area (TPSA) is 87.0 Å². The zero-order valence-electron chi connectivity index (χ0n) is 19.0. The van der Waals surface area contributed by atoms with E-state index in [1.54, 1.807) is 49.4 Å². The van der Waals surface area contributed by atoms with Crippen LogP contribution in [0, 0.1) is 5.82 Å². The average molecular weight is 493 g/mol. The van der Waals surface area contributed by atoms with Gasteiger partial charge in [0, 0.05) is 12.5 Å². The highest BCUT2D eigenvalue weighted by atomic mass is 32.1. The van der Waals surface area contributed by atoms with E-state index < -0.39 is 29.4 Å². The van der Waals surface area contributed by atoms with Crippen molar-refractivity contribution < 1.29 is 23.5 Å². The maximum absolute atomic E-state index is 14.2. The number of nitrogens with zero attached hydrogens (tertiary/aromatic N) is 2. The molecular weight excluding hydrogens is 471 g/mol. The summed E-state index contributed by atoms with van der Waals surface area (Å²) >= 11 is 1.10. The van der Waals surface area contributed by atoms with Crippen LogP contribution in [0.4, 0.5) is 4.39 Å². The molecule has 0 saturated carbocycles. The Hall–Kier alpha value is -4.11. The zero-order valence-corrected chi connectivity index (χ0v) is 19.8. The van der Waals surface area contributed by atoms with Gasteiger partial charge in [0.05, 0.1) is 21.8 Å². The molecule has 0 spiro atoms. The van der Waals surface area contributed by atoms with Gasteiger partial charge in [-0.1, -0.05) is 54.3 Å². The molecule has 1 aliphatic rings. The van der Waals surface area contributed by atoms with Crippen LogP contribution in [-0.2, 0) is 14.3 Å². The summed E-state index contributed by atoms with van der Waals surface area (Å²) in [5.74, 6) is -1.24. The molecule has 1 aliphatic heterocycles. The SMILES string of the molecule is C=CCOC(=O)C1=C(C)N=c2s/c(=C\c3ccccc3F)c(=O)n2[C@@H]1c1ccc(OC(C)=O)cc1. The van der Waals surface area contributed by atoms with Crippen LogP contribution in [0.2, 0.25) is 0 Å². The van der Waals surface area contributed by atoms with E-state index in [4.69, 9.17) is 9.47 Å². The Kier molecular flexibility index (Phi) is 6.88. The number of ether oxygens (including phenoxy) is 2. The Labute approximate surface area is 203 Å². The van der Waals surface area contributed by atoms with Crippen LogP contribution >= 0.6 is 11.3 Å². The van der Waals surface area contributed by atoms with Crippen LogP contribution in [0.3, 0.4) is 0 Å². The first-order valence-corrected chi connectivity index (χ1v) is 11.4. The van der Waals surface area contributed by atoms with Crippen LogP contribution in [0.15, 0.2) is 82.2 Å². The molecule has 0 amide bonds. The molecule has 3 aromatic rings. The molecule has 0 radical (unpaired) electrons. The number of hydrogen-bond donors (Lipinski definition) is 0. The second-order valence-corrected chi connectivity index (χ2v) is 8.66. The third kappa shape index (κ3) is 4.90. The summed E-state index contributed by atoms with van der Waals surface area (Å²) in [7, 11) is 0. The van der Waals surface area contributed by atoms with Crippen molar-refractivity contribution in [1.82, 2.24) is 4.57 Å². The molecule has 2 aromatic carbocycles. The number of benzene rings is 2. The van der Waals surface area contributed by atoms with E-state index >= 15 is 0 Å². The highest BCUT2D eigenvalue weighted by molar-refractivity contribution is 7.07. The molecule has 9 heteroatoms. The molecule has 0 saturated heterocycles. The van der Waals surface area contributed by atoms with Crippen molar-refractivity contribution in [2.45, 2.75) is 19.9 Å². The molecule has 0 fully saturated rings. The van der Waals surface area contributed by atoms with Gasteiger partial charge >= 0.3 is 11.9 Å². The Morgan fingerprint density at radius 1 is 1.20 bits per heavy atom. The van der Waals surface area contributed by atoms with E-state index in [-0.39, 0.29) is 22.3 Å². The highest BCUT2D eigenvalue weighted by Crippen LogP contribution is 2.31. The molecule has 4 rings (SSSR count). The Balaban J connectivity index is 1.91. The summed E-state index contributed by atoms with van der Waals surface area (Å²) < 4.78 is 26.3. The number of rotatable bonds is 6. The number of halogens is 1. The van der Waals surface area contributed by atoms with Crippen molar-refractivity contribution in [1.29, 1.82) is 0 Å². The number of aromatic nitrogens is 1. The largest absolute Gasteiger partial charge is 0.458 e. The first-order valence-electron chi connectivity index (χ1n) is 10.6. The molecule has 35 heavy (non-hydrogen) atoms. The first kappa shape index (κ1) is 24.0. The van der Waals surface area contributed by atoms with E-state index in [1.165, 1.54) is 29.7 Å². The molecule has 0 aliphatic carbocycles. The van der Waals surface area contributed by atoms with Crippen LogP contribution in [0.25, 0.3) is 6.08 Å². The van der Waals surface area contributed by atoms with Gasteiger partial charge in [0.1, 0.15) is 18.2 Å². The van der Waals surface area contributed by atoms with Crippen molar-refractivity contribution in [2.75, 3.05) is 6.61 Å². The lowest BCUT2D eigenvalue weighted by molar-refractivity contribution is -0.138.